The molecule has 0 amide bonds. The van der Waals surface area contributed by atoms with Crippen LogP contribution in [0.3, 0.4) is 0 Å². The number of nitrogens with two attached hydrogens (primary N) is 1. The molecule has 1 fully saturated rings. The van der Waals surface area contributed by atoms with Crippen LogP contribution in [-0.2, 0) is 4.74 Å². The van der Waals surface area contributed by atoms with Gasteiger partial charge in [-0.05, 0) is 49.9 Å². The Morgan fingerprint density at radius 2 is 2.04 bits per heavy atom. The summed E-state index contributed by atoms with van der Waals surface area (Å²) in [5, 5.41) is 2.82. The first-order valence-corrected chi connectivity index (χ1v) is 7.47. The first-order chi connectivity index (χ1) is 10.9. The zero-order chi connectivity index (χ0) is 16.7. The summed E-state index contributed by atoms with van der Waals surface area (Å²) in [5.41, 5.74) is 6.28. The molecule has 1 unspecified atom stereocenters. The molecule has 1 aromatic rings. The Balaban J connectivity index is 1.77. The first-order valence-electron chi connectivity index (χ1n) is 7.47. The molecule has 5 nitrogen and oxygen atoms in total. The molecule has 128 valence electrons. The van der Waals surface area contributed by atoms with Gasteiger partial charge in [0.1, 0.15) is 5.75 Å². The number of alkyl halides is 3. The number of hydrogen-bond acceptors (Lipinski definition) is 3. The summed E-state index contributed by atoms with van der Waals surface area (Å²) in [4.78, 5) is 4.19. The lowest BCUT2D eigenvalue weighted by Gasteiger charge is -2.21. The Morgan fingerprint density at radius 1 is 1.30 bits per heavy atom. The van der Waals surface area contributed by atoms with E-state index in [0.717, 1.165) is 25.9 Å². The monoisotopic (exact) mass is 331 g/mol. The van der Waals surface area contributed by atoms with E-state index in [1.54, 1.807) is 0 Å². The van der Waals surface area contributed by atoms with E-state index in [0.29, 0.717) is 12.2 Å². The van der Waals surface area contributed by atoms with E-state index in [1.807, 2.05) is 0 Å². The van der Waals surface area contributed by atoms with Gasteiger partial charge in [0, 0.05) is 18.8 Å². The third kappa shape index (κ3) is 6.77. The van der Waals surface area contributed by atoms with Gasteiger partial charge in [0.05, 0.1) is 6.10 Å². The van der Waals surface area contributed by atoms with Crippen molar-refractivity contribution in [2.75, 3.05) is 18.5 Å². The molecule has 3 N–H and O–H groups in total. The molecular weight excluding hydrogens is 311 g/mol. The Morgan fingerprint density at radius 3 is 2.65 bits per heavy atom. The molecule has 1 heterocycles. The minimum absolute atomic E-state index is 0.213. The zero-order valence-electron chi connectivity index (χ0n) is 12.6. The van der Waals surface area contributed by atoms with E-state index < -0.39 is 6.36 Å². The molecular formula is C15H20F3N3O2. The molecule has 0 aliphatic carbocycles. The molecule has 1 aromatic carbocycles. The highest BCUT2D eigenvalue weighted by molar-refractivity contribution is 5.92. The smallest absolute Gasteiger partial charge is 0.406 e. The molecule has 1 atom stereocenters. The van der Waals surface area contributed by atoms with Crippen LogP contribution in [0.5, 0.6) is 5.75 Å². The van der Waals surface area contributed by atoms with Crippen LogP contribution >= 0.6 is 0 Å². The van der Waals surface area contributed by atoms with Gasteiger partial charge in [-0.3, -0.25) is 4.99 Å². The number of rotatable bonds is 5. The van der Waals surface area contributed by atoms with Crippen LogP contribution in [0.1, 0.15) is 25.7 Å². The van der Waals surface area contributed by atoms with Gasteiger partial charge < -0.3 is 20.5 Å². The summed E-state index contributed by atoms with van der Waals surface area (Å²) >= 11 is 0. The number of nitrogens with zero attached hydrogens (tertiary/aromatic N) is 1. The third-order valence-corrected chi connectivity index (χ3v) is 3.37. The van der Waals surface area contributed by atoms with E-state index >= 15 is 0 Å². The lowest BCUT2D eigenvalue weighted by atomic mass is 10.1. The van der Waals surface area contributed by atoms with Crippen molar-refractivity contribution in [3.05, 3.63) is 24.3 Å². The van der Waals surface area contributed by atoms with Crippen LogP contribution in [0.2, 0.25) is 0 Å². The van der Waals surface area contributed by atoms with Gasteiger partial charge in [-0.2, -0.15) is 0 Å². The number of ether oxygens (including phenoxy) is 2. The van der Waals surface area contributed by atoms with Crippen LogP contribution in [0.25, 0.3) is 0 Å². The standard InChI is InChI=1S/C15H20F3N3O2/c16-15(17,18)23-13-6-4-11(5-7-13)21-14(19)20-9-8-12-3-1-2-10-22-12/h4-7,12H,1-3,8-10H2,(H3,19,20,21). The van der Waals surface area contributed by atoms with Gasteiger partial charge in [-0.15, -0.1) is 13.2 Å². The minimum atomic E-state index is -4.70. The van der Waals surface area contributed by atoms with E-state index in [9.17, 15) is 13.2 Å². The summed E-state index contributed by atoms with van der Waals surface area (Å²) in [7, 11) is 0. The Hall–Kier alpha value is -1.96. The lowest BCUT2D eigenvalue weighted by Crippen LogP contribution is -2.24. The fourth-order valence-electron chi connectivity index (χ4n) is 2.29. The summed E-state index contributed by atoms with van der Waals surface area (Å²) < 4.78 is 45.6. The molecule has 0 bridgehead atoms. The van der Waals surface area contributed by atoms with E-state index in [4.69, 9.17) is 10.5 Å². The van der Waals surface area contributed by atoms with Crippen molar-refractivity contribution in [3.63, 3.8) is 0 Å². The summed E-state index contributed by atoms with van der Waals surface area (Å²) in [6.07, 6.45) is -0.327. The largest absolute Gasteiger partial charge is 0.573 e. The maximum absolute atomic E-state index is 12.1. The molecule has 1 saturated heterocycles. The van der Waals surface area contributed by atoms with Crippen LogP contribution in [-0.4, -0.2) is 31.6 Å². The van der Waals surface area contributed by atoms with E-state index in [2.05, 4.69) is 15.0 Å². The third-order valence-electron chi connectivity index (χ3n) is 3.37. The van der Waals surface area contributed by atoms with Gasteiger partial charge >= 0.3 is 6.36 Å². The second-order valence-electron chi connectivity index (χ2n) is 5.24. The molecule has 0 saturated carbocycles. The maximum atomic E-state index is 12.1. The molecule has 23 heavy (non-hydrogen) atoms. The predicted molar refractivity (Wildman–Crippen MR) is 81.4 cm³/mol. The predicted octanol–water partition coefficient (Wildman–Crippen LogP) is 3.27. The highest BCUT2D eigenvalue weighted by atomic mass is 19.4. The van der Waals surface area contributed by atoms with Crippen LogP contribution in [0.4, 0.5) is 18.9 Å². The molecule has 8 heteroatoms. The van der Waals surface area contributed by atoms with E-state index in [-0.39, 0.29) is 17.8 Å². The minimum Gasteiger partial charge on any atom is -0.406 e. The van der Waals surface area contributed by atoms with Gasteiger partial charge in [0.15, 0.2) is 5.96 Å². The van der Waals surface area contributed by atoms with Gasteiger partial charge in [-0.1, -0.05) is 0 Å². The fourth-order valence-corrected chi connectivity index (χ4v) is 2.29. The number of aliphatic imine (C=N–C) groups is 1. The van der Waals surface area contributed by atoms with Gasteiger partial charge in [0.2, 0.25) is 0 Å². The molecule has 0 radical (unpaired) electrons. The number of anilines is 1. The summed E-state index contributed by atoms with van der Waals surface area (Å²) in [6, 6.07) is 5.29. The van der Waals surface area contributed by atoms with Crippen molar-refractivity contribution in [2.24, 2.45) is 10.7 Å². The maximum Gasteiger partial charge on any atom is 0.573 e. The molecule has 0 aromatic heterocycles. The van der Waals surface area contributed by atoms with Crippen molar-refractivity contribution in [1.29, 1.82) is 0 Å². The highest BCUT2D eigenvalue weighted by Crippen LogP contribution is 2.23. The van der Waals surface area contributed by atoms with E-state index in [1.165, 1.54) is 30.7 Å². The molecule has 1 aliphatic heterocycles. The van der Waals surface area contributed by atoms with Crippen LogP contribution in [0.15, 0.2) is 29.3 Å². The number of benzene rings is 1. The number of nitrogens with one attached hydrogen (secondary N) is 1. The van der Waals surface area contributed by atoms with Gasteiger partial charge in [-0.25, -0.2) is 0 Å². The fraction of sp³-hybridized carbons (Fsp3) is 0.533. The normalized spacial score (nSPS) is 19.4. The molecule has 1 aliphatic rings. The quantitative estimate of drug-likeness (QED) is 0.642. The topological polar surface area (TPSA) is 68.9 Å². The average molecular weight is 331 g/mol. The van der Waals surface area contributed by atoms with Gasteiger partial charge in [0.25, 0.3) is 0 Å². The lowest BCUT2D eigenvalue weighted by molar-refractivity contribution is -0.274. The Labute approximate surface area is 132 Å². The van der Waals surface area contributed by atoms with Crippen molar-refractivity contribution < 1.29 is 22.6 Å². The second kappa shape index (κ2) is 8.05. The number of halogens is 3. The number of hydrogen-bond donors (Lipinski definition) is 2. The summed E-state index contributed by atoms with van der Waals surface area (Å²) in [5.74, 6) is -0.0710. The first kappa shape index (κ1) is 17.4. The Bertz CT molecular complexity index is 512. The van der Waals surface area contributed by atoms with Crippen molar-refractivity contribution in [3.8, 4) is 5.75 Å². The number of guanidine groups is 1. The van der Waals surface area contributed by atoms with Crippen LogP contribution < -0.4 is 15.8 Å². The molecule has 2 rings (SSSR count). The SMILES string of the molecule is NC(=NCCC1CCCCO1)Nc1ccc(OC(F)(F)F)cc1. The zero-order valence-corrected chi connectivity index (χ0v) is 12.6. The molecule has 0 spiro atoms. The Kier molecular flexibility index (Phi) is 6.09. The van der Waals surface area contributed by atoms with Crippen molar-refractivity contribution >= 4 is 11.6 Å². The van der Waals surface area contributed by atoms with Crippen LogP contribution in [0, 0.1) is 0 Å². The van der Waals surface area contributed by atoms with Crippen molar-refractivity contribution in [1.82, 2.24) is 0 Å². The highest BCUT2D eigenvalue weighted by Gasteiger charge is 2.30. The van der Waals surface area contributed by atoms with Crippen molar-refractivity contribution in [2.45, 2.75) is 38.1 Å². The second-order valence-corrected chi connectivity index (χ2v) is 5.24. The average Bonchev–Trinajstić information content (AvgIpc) is 2.49. The summed E-state index contributed by atoms with van der Waals surface area (Å²) in [6.45, 7) is 1.34.